The number of aryl methyl sites for hydroxylation is 1. The van der Waals surface area contributed by atoms with Gasteiger partial charge in [0.1, 0.15) is 11.8 Å². The first-order valence-electron chi connectivity index (χ1n) is 9.89. The van der Waals surface area contributed by atoms with E-state index in [9.17, 15) is 18.3 Å². The van der Waals surface area contributed by atoms with Gasteiger partial charge in [-0.3, -0.25) is 4.68 Å². The number of hydrogen-bond acceptors (Lipinski definition) is 6. The molecule has 7 nitrogen and oxygen atoms in total. The Kier molecular flexibility index (Phi) is 5.92. The van der Waals surface area contributed by atoms with Crippen molar-refractivity contribution in [1.82, 2.24) is 19.7 Å². The van der Waals surface area contributed by atoms with Crippen LogP contribution in [0.3, 0.4) is 0 Å². The molecule has 10 heteroatoms. The number of aliphatic hydroxyl groups is 1. The van der Waals surface area contributed by atoms with Crippen LogP contribution in [0.15, 0.2) is 42.9 Å². The van der Waals surface area contributed by atoms with Gasteiger partial charge in [-0.1, -0.05) is 6.07 Å². The van der Waals surface area contributed by atoms with Gasteiger partial charge in [-0.05, 0) is 49.1 Å². The van der Waals surface area contributed by atoms with Gasteiger partial charge in [0.2, 0.25) is 5.95 Å². The number of benzene rings is 1. The van der Waals surface area contributed by atoms with Crippen molar-refractivity contribution in [3.05, 3.63) is 54.1 Å². The van der Waals surface area contributed by atoms with Crippen LogP contribution >= 0.6 is 0 Å². The normalized spacial score (nSPS) is 19.4. The largest absolute Gasteiger partial charge is 0.433 e. The fourth-order valence-corrected chi connectivity index (χ4v) is 3.52. The molecule has 1 aliphatic heterocycles. The molecule has 2 aromatic heterocycles. The average Bonchev–Trinajstić information content (AvgIpc) is 3.18. The Bertz CT molecular complexity index is 1050. The maximum atomic E-state index is 12.9. The number of aromatic nitrogens is 4. The molecular weight excluding hydrogens is 411 g/mol. The molecule has 164 valence electrons. The Labute approximate surface area is 176 Å². The van der Waals surface area contributed by atoms with E-state index in [2.05, 4.69) is 20.4 Å². The molecule has 0 radical (unpaired) electrons. The molecular formula is C21H22F3N5O2. The highest BCUT2D eigenvalue weighted by molar-refractivity contribution is 5.70. The highest BCUT2D eigenvalue weighted by atomic mass is 19.4. The summed E-state index contributed by atoms with van der Waals surface area (Å²) in [7, 11) is 0. The van der Waals surface area contributed by atoms with E-state index in [1.807, 2.05) is 19.2 Å². The van der Waals surface area contributed by atoms with E-state index in [1.54, 1.807) is 23.0 Å². The predicted octanol–water partition coefficient (Wildman–Crippen LogP) is 3.95. The van der Waals surface area contributed by atoms with E-state index in [4.69, 9.17) is 4.74 Å². The molecule has 0 amide bonds. The van der Waals surface area contributed by atoms with Gasteiger partial charge in [-0.25, -0.2) is 9.97 Å². The van der Waals surface area contributed by atoms with Crippen LogP contribution in [0.5, 0.6) is 0 Å². The van der Waals surface area contributed by atoms with Gasteiger partial charge in [-0.15, -0.1) is 0 Å². The topological polar surface area (TPSA) is 85.1 Å². The van der Waals surface area contributed by atoms with Crippen molar-refractivity contribution in [3.63, 3.8) is 0 Å². The fourth-order valence-electron chi connectivity index (χ4n) is 3.52. The van der Waals surface area contributed by atoms with Gasteiger partial charge in [0.25, 0.3) is 0 Å². The van der Waals surface area contributed by atoms with Crippen LogP contribution in [0, 0.1) is 6.92 Å². The van der Waals surface area contributed by atoms with Crippen molar-refractivity contribution < 1.29 is 23.0 Å². The van der Waals surface area contributed by atoms with Gasteiger partial charge in [0.05, 0.1) is 18.8 Å². The fraction of sp³-hybridized carbons (Fsp3) is 0.381. The molecule has 0 bridgehead atoms. The second kappa shape index (κ2) is 8.64. The van der Waals surface area contributed by atoms with Gasteiger partial charge in [-0.2, -0.15) is 18.3 Å². The molecule has 0 saturated carbocycles. The predicted molar refractivity (Wildman–Crippen MR) is 108 cm³/mol. The summed E-state index contributed by atoms with van der Waals surface area (Å²) in [4.78, 5) is 7.43. The summed E-state index contributed by atoms with van der Waals surface area (Å²) in [5, 5.41) is 17.3. The molecule has 2 N–H and O–H groups in total. The van der Waals surface area contributed by atoms with Crippen LogP contribution in [0.25, 0.3) is 11.1 Å². The van der Waals surface area contributed by atoms with Crippen LogP contribution in [0.2, 0.25) is 0 Å². The number of nitrogens with zero attached hydrogens (tertiary/aromatic N) is 4. The quantitative estimate of drug-likeness (QED) is 0.634. The lowest BCUT2D eigenvalue weighted by molar-refractivity contribution is -0.141. The van der Waals surface area contributed by atoms with Crippen LogP contribution in [0.4, 0.5) is 24.8 Å². The average molecular weight is 433 g/mol. The molecule has 1 fully saturated rings. The Morgan fingerprint density at radius 2 is 2.10 bits per heavy atom. The molecule has 1 saturated heterocycles. The zero-order valence-electron chi connectivity index (χ0n) is 16.8. The second-order valence-electron chi connectivity index (χ2n) is 7.55. The summed E-state index contributed by atoms with van der Waals surface area (Å²) in [5.41, 5.74) is 2.14. The molecule has 31 heavy (non-hydrogen) atoms. The summed E-state index contributed by atoms with van der Waals surface area (Å²) >= 11 is 0. The van der Waals surface area contributed by atoms with E-state index in [1.165, 1.54) is 0 Å². The highest BCUT2D eigenvalue weighted by Gasteiger charge is 2.32. The molecule has 1 aromatic carbocycles. The summed E-state index contributed by atoms with van der Waals surface area (Å²) < 4.78 is 46.1. The van der Waals surface area contributed by atoms with Gasteiger partial charge >= 0.3 is 6.18 Å². The first-order valence-corrected chi connectivity index (χ1v) is 9.89. The number of halogens is 3. The van der Waals surface area contributed by atoms with Crippen LogP contribution in [-0.2, 0) is 17.5 Å². The lowest BCUT2D eigenvalue weighted by Gasteiger charge is -2.27. The third-order valence-electron chi connectivity index (χ3n) is 5.02. The van der Waals surface area contributed by atoms with E-state index in [0.29, 0.717) is 25.3 Å². The number of anilines is 2. The summed E-state index contributed by atoms with van der Waals surface area (Å²) in [6.07, 6.45) is 0.832. The Morgan fingerprint density at radius 3 is 2.87 bits per heavy atom. The summed E-state index contributed by atoms with van der Waals surface area (Å²) in [5.74, 6) is -0.134. The smallest absolute Gasteiger partial charge is 0.390 e. The minimum absolute atomic E-state index is 0.134. The van der Waals surface area contributed by atoms with E-state index in [-0.39, 0.29) is 12.1 Å². The van der Waals surface area contributed by atoms with E-state index >= 15 is 0 Å². The molecule has 3 heterocycles. The molecule has 1 aliphatic rings. The van der Waals surface area contributed by atoms with E-state index in [0.717, 1.165) is 35.4 Å². The van der Waals surface area contributed by atoms with Gasteiger partial charge < -0.3 is 15.2 Å². The standard InChI is InChI=1S/C21H22F3N5O2/c1-13-7-14(15-10-26-29(11-15)12-18-17(30)3-2-6-31-18)9-16(8-13)27-20-25-5-4-19(28-20)21(22,23)24/h4-5,7-11,17-18,30H,2-3,6,12H2,1H3,(H,25,27,28)/t17-,18?/m0/s1. The summed E-state index contributed by atoms with van der Waals surface area (Å²) in [6.45, 7) is 2.95. The molecule has 2 atom stereocenters. The minimum Gasteiger partial charge on any atom is -0.390 e. The molecule has 4 rings (SSSR count). The van der Waals surface area contributed by atoms with Crippen molar-refractivity contribution >= 4 is 11.6 Å². The van der Waals surface area contributed by atoms with Gasteiger partial charge in [0, 0.05) is 30.3 Å². The number of aliphatic hydroxyl groups excluding tert-OH is 1. The Hall–Kier alpha value is -2.98. The number of ether oxygens (including phenoxy) is 1. The second-order valence-corrected chi connectivity index (χ2v) is 7.55. The maximum absolute atomic E-state index is 12.9. The third kappa shape index (κ3) is 5.20. The van der Waals surface area contributed by atoms with Crippen molar-refractivity contribution in [2.45, 2.75) is 44.7 Å². The minimum atomic E-state index is -4.54. The van der Waals surface area contributed by atoms with Crippen LogP contribution < -0.4 is 5.32 Å². The van der Waals surface area contributed by atoms with Crippen molar-refractivity contribution in [2.24, 2.45) is 0 Å². The SMILES string of the molecule is Cc1cc(Nc2nccc(C(F)(F)F)n2)cc(-c2cnn(CC3OCCC[C@@H]3O)c2)c1. The highest BCUT2D eigenvalue weighted by Crippen LogP contribution is 2.29. The lowest BCUT2D eigenvalue weighted by atomic mass is 10.1. The van der Waals surface area contributed by atoms with Crippen molar-refractivity contribution in [1.29, 1.82) is 0 Å². The Morgan fingerprint density at radius 1 is 1.26 bits per heavy atom. The zero-order chi connectivity index (χ0) is 22.0. The first kappa shape index (κ1) is 21.3. The summed E-state index contributed by atoms with van der Waals surface area (Å²) in [6, 6.07) is 6.37. The number of alkyl halides is 3. The molecule has 3 aromatic rings. The number of nitrogens with one attached hydrogen (secondary N) is 1. The number of rotatable bonds is 5. The molecule has 0 spiro atoms. The zero-order valence-corrected chi connectivity index (χ0v) is 16.8. The van der Waals surface area contributed by atoms with Crippen molar-refractivity contribution in [3.8, 4) is 11.1 Å². The van der Waals surface area contributed by atoms with Crippen LogP contribution in [-0.4, -0.2) is 43.7 Å². The number of hydrogen-bond donors (Lipinski definition) is 2. The van der Waals surface area contributed by atoms with Crippen molar-refractivity contribution in [2.75, 3.05) is 11.9 Å². The van der Waals surface area contributed by atoms with Gasteiger partial charge in [0.15, 0.2) is 0 Å². The first-order chi connectivity index (χ1) is 14.8. The molecule has 1 unspecified atom stereocenters. The van der Waals surface area contributed by atoms with Crippen LogP contribution in [0.1, 0.15) is 24.1 Å². The monoisotopic (exact) mass is 433 g/mol. The van der Waals surface area contributed by atoms with E-state index < -0.39 is 18.0 Å². The third-order valence-corrected chi connectivity index (χ3v) is 5.02. The lowest BCUT2D eigenvalue weighted by Crippen LogP contribution is -2.37. The Balaban J connectivity index is 1.53. The molecule has 0 aliphatic carbocycles. The maximum Gasteiger partial charge on any atom is 0.433 e.